The van der Waals surface area contributed by atoms with Crippen LogP contribution < -0.4 is 5.32 Å². The number of aromatic nitrogens is 2. The lowest BCUT2D eigenvalue weighted by Gasteiger charge is -2.39. The van der Waals surface area contributed by atoms with Crippen LogP contribution in [0.2, 0.25) is 0 Å². The molecule has 3 rings (SSSR count). The summed E-state index contributed by atoms with van der Waals surface area (Å²) in [6.07, 6.45) is 10.6. The van der Waals surface area contributed by atoms with E-state index in [9.17, 15) is 0 Å². The Bertz CT molecular complexity index is 557. The lowest BCUT2D eigenvalue weighted by molar-refractivity contribution is 0.0170. The predicted octanol–water partition coefficient (Wildman–Crippen LogP) is 2.32. The number of hydrogen-bond acceptors (Lipinski definition) is 4. The Morgan fingerprint density at radius 3 is 3.07 bits per heavy atom. The van der Waals surface area contributed by atoms with Gasteiger partial charge in [0.25, 0.3) is 0 Å². The minimum Gasteiger partial charge on any atom is -0.379 e. The van der Waals surface area contributed by atoms with Gasteiger partial charge in [0.15, 0.2) is 5.96 Å². The van der Waals surface area contributed by atoms with Crippen LogP contribution >= 0.6 is 0 Å². The molecule has 2 aliphatic rings. The lowest BCUT2D eigenvalue weighted by Crippen LogP contribution is -2.49. The van der Waals surface area contributed by atoms with Gasteiger partial charge in [0, 0.05) is 51.8 Å². The van der Waals surface area contributed by atoms with Gasteiger partial charge < -0.3 is 24.3 Å². The molecule has 0 amide bonds. The van der Waals surface area contributed by atoms with Crippen LogP contribution in [0, 0.1) is 5.92 Å². The topological polar surface area (TPSA) is 63.9 Å². The molecular formula is C20H35N5O2. The number of hydrogen-bond donors (Lipinski definition) is 1. The second-order valence-electron chi connectivity index (χ2n) is 7.59. The Hall–Kier alpha value is -1.60. The number of likely N-dealkylation sites (tertiary alicyclic amines) is 1. The third-order valence-electron chi connectivity index (χ3n) is 5.50. The quantitative estimate of drug-likeness (QED) is 0.428. The predicted molar refractivity (Wildman–Crippen MR) is 107 cm³/mol. The molecule has 0 bridgehead atoms. The molecule has 1 aromatic rings. The van der Waals surface area contributed by atoms with E-state index in [4.69, 9.17) is 14.5 Å². The van der Waals surface area contributed by atoms with E-state index in [1.807, 2.05) is 12.5 Å². The Morgan fingerprint density at radius 2 is 2.33 bits per heavy atom. The summed E-state index contributed by atoms with van der Waals surface area (Å²) in [6, 6.07) is 0.444. The lowest BCUT2D eigenvalue weighted by atomic mass is 9.93. The fourth-order valence-corrected chi connectivity index (χ4v) is 3.86. The maximum atomic E-state index is 5.75. The van der Waals surface area contributed by atoms with Crippen molar-refractivity contribution < 1.29 is 9.47 Å². The maximum absolute atomic E-state index is 5.75. The first-order valence-electron chi connectivity index (χ1n) is 10.5. The zero-order valence-corrected chi connectivity index (χ0v) is 16.8. The summed E-state index contributed by atoms with van der Waals surface area (Å²) in [5.41, 5.74) is 0. The van der Waals surface area contributed by atoms with Crippen LogP contribution in [-0.2, 0) is 9.47 Å². The van der Waals surface area contributed by atoms with Crippen LogP contribution in [0.1, 0.15) is 45.6 Å². The third-order valence-corrected chi connectivity index (χ3v) is 5.50. The number of ether oxygens (including phenoxy) is 2. The SMILES string of the molecule is CCNC(=NCCCOCC1CCCO1)N1CCC(C)C(n2ccnc2)C1. The molecule has 1 N–H and O–H groups in total. The molecule has 152 valence electrons. The van der Waals surface area contributed by atoms with Gasteiger partial charge >= 0.3 is 0 Å². The fourth-order valence-electron chi connectivity index (χ4n) is 3.86. The van der Waals surface area contributed by atoms with Crippen LogP contribution in [0.5, 0.6) is 0 Å². The monoisotopic (exact) mass is 377 g/mol. The first-order chi connectivity index (χ1) is 13.3. The fraction of sp³-hybridized carbons (Fsp3) is 0.800. The highest BCUT2D eigenvalue weighted by Gasteiger charge is 2.28. The van der Waals surface area contributed by atoms with E-state index in [0.29, 0.717) is 18.1 Å². The average Bonchev–Trinajstić information content (AvgIpc) is 3.38. The van der Waals surface area contributed by atoms with Crippen molar-refractivity contribution in [3.63, 3.8) is 0 Å². The van der Waals surface area contributed by atoms with Crippen molar-refractivity contribution in [1.82, 2.24) is 19.8 Å². The Kier molecular flexibility index (Phi) is 7.95. The van der Waals surface area contributed by atoms with Crippen molar-refractivity contribution in [3.8, 4) is 0 Å². The molecule has 2 saturated heterocycles. The number of nitrogens with zero attached hydrogens (tertiary/aromatic N) is 4. The summed E-state index contributed by atoms with van der Waals surface area (Å²) in [5.74, 6) is 1.66. The molecule has 1 aromatic heterocycles. The minimum atomic E-state index is 0.307. The van der Waals surface area contributed by atoms with Crippen LogP contribution in [0.4, 0.5) is 0 Å². The molecule has 0 saturated carbocycles. The zero-order valence-electron chi connectivity index (χ0n) is 16.8. The third kappa shape index (κ3) is 5.94. The van der Waals surface area contributed by atoms with E-state index in [1.165, 1.54) is 6.42 Å². The highest BCUT2D eigenvalue weighted by Crippen LogP contribution is 2.27. The van der Waals surface area contributed by atoms with Gasteiger partial charge in [0.05, 0.1) is 25.1 Å². The van der Waals surface area contributed by atoms with Crippen molar-refractivity contribution >= 4 is 5.96 Å². The van der Waals surface area contributed by atoms with Gasteiger partial charge in [-0.1, -0.05) is 6.92 Å². The molecule has 3 unspecified atom stereocenters. The number of imidazole rings is 1. The number of piperidine rings is 1. The molecule has 7 heteroatoms. The van der Waals surface area contributed by atoms with Crippen LogP contribution in [-0.4, -0.2) is 72.5 Å². The zero-order chi connectivity index (χ0) is 18.9. The Morgan fingerprint density at radius 1 is 1.41 bits per heavy atom. The van der Waals surface area contributed by atoms with E-state index >= 15 is 0 Å². The Labute approximate surface area is 163 Å². The van der Waals surface area contributed by atoms with Crippen LogP contribution in [0.15, 0.2) is 23.7 Å². The Balaban J connectivity index is 1.46. The molecule has 27 heavy (non-hydrogen) atoms. The summed E-state index contributed by atoms with van der Waals surface area (Å²) in [4.78, 5) is 11.5. The summed E-state index contributed by atoms with van der Waals surface area (Å²) in [5, 5.41) is 3.46. The van der Waals surface area contributed by atoms with Crippen molar-refractivity contribution in [3.05, 3.63) is 18.7 Å². The molecule has 3 atom stereocenters. The number of nitrogens with one attached hydrogen (secondary N) is 1. The van der Waals surface area contributed by atoms with Crippen LogP contribution in [0.25, 0.3) is 0 Å². The highest BCUT2D eigenvalue weighted by atomic mass is 16.5. The van der Waals surface area contributed by atoms with Crippen molar-refractivity contribution in [2.75, 3.05) is 46.0 Å². The highest BCUT2D eigenvalue weighted by molar-refractivity contribution is 5.80. The maximum Gasteiger partial charge on any atom is 0.193 e. The second-order valence-corrected chi connectivity index (χ2v) is 7.59. The van der Waals surface area contributed by atoms with E-state index in [1.54, 1.807) is 0 Å². The van der Waals surface area contributed by atoms with Gasteiger partial charge in [-0.3, -0.25) is 4.99 Å². The van der Waals surface area contributed by atoms with Gasteiger partial charge in [0.2, 0.25) is 0 Å². The van der Waals surface area contributed by atoms with Gasteiger partial charge in [-0.2, -0.15) is 0 Å². The molecule has 7 nitrogen and oxygen atoms in total. The summed E-state index contributed by atoms with van der Waals surface area (Å²) in [7, 11) is 0. The molecule has 0 spiro atoms. The second kappa shape index (κ2) is 10.7. The molecule has 2 fully saturated rings. The van der Waals surface area contributed by atoms with Gasteiger partial charge in [0.1, 0.15) is 0 Å². The molecular weight excluding hydrogens is 342 g/mol. The minimum absolute atomic E-state index is 0.307. The van der Waals surface area contributed by atoms with Gasteiger partial charge in [-0.15, -0.1) is 0 Å². The van der Waals surface area contributed by atoms with Gasteiger partial charge in [-0.25, -0.2) is 4.98 Å². The number of aliphatic imine (C=N–C) groups is 1. The summed E-state index contributed by atoms with van der Waals surface area (Å²) in [6.45, 7) is 10.5. The average molecular weight is 378 g/mol. The molecule has 0 radical (unpaired) electrons. The van der Waals surface area contributed by atoms with Crippen molar-refractivity contribution in [1.29, 1.82) is 0 Å². The van der Waals surface area contributed by atoms with Crippen molar-refractivity contribution in [2.24, 2.45) is 10.9 Å². The molecule has 2 aliphatic heterocycles. The van der Waals surface area contributed by atoms with E-state index in [0.717, 1.165) is 71.2 Å². The number of rotatable bonds is 8. The summed E-state index contributed by atoms with van der Waals surface area (Å²) < 4.78 is 13.6. The first kappa shape index (κ1) is 20.1. The molecule has 0 aromatic carbocycles. The van der Waals surface area contributed by atoms with Crippen LogP contribution in [0.3, 0.4) is 0 Å². The van der Waals surface area contributed by atoms with E-state index in [-0.39, 0.29) is 0 Å². The first-order valence-corrected chi connectivity index (χ1v) is 10.5. The van der Waals surface area contributed by atoms with E-state index < -0.39 is 0 Å². The standard InChI is InChI=1S/C20H35N5O2/c1-3-22-20(23-8-5-12-26-15-18-6-4-13-27-18)24-10-7-17(2)19(14-24)25-11-9-21-16-25/h9,11,16-19H,3-8,10,12-15H2,1-2H3,(H,22,23). The smallest absolute Gasteiger partial charge is 0.193 e. The largest absolute Gasteiger partial charge is 0.379 e. The van der Waals surface area contributed by atoms with Crippen molar-refractivity contribution in [2.45, 2.75) is 51.7 Å². The molecule has 0 aliphatic carbocycles. The number of guanidine groups is 1. The van der Waals surface area contributed by atoms with Gasteiger partial charge in [-0.05, 0) is 38.5 Å². The normalized spacial score (nSPS) is 26.5. The summed E-state index contributed by atoms with van der Waals surface area (Å²) >= 11 is 0. The van der Waals surface area contributed by atoms with E-state index in [2.05, 4.69) is 39.8 Å². The molecule has 3 heterocycles.